The molecule has 2 N–H and O–H groups in total. The van der Waals surface area contributed by atoms with Gasteiger partial charge in [0.05, 0.1) is 4.90 Å². The second kappa shape index (κ2) is 8.64. The van der Waals surface area contributed by atoms with Crippen LogP contribution in [0.15, 0.2) is 40.0 Å². The molecule has 3 rings (SSSR count). The number of pyridine rings is 1. The number of carbonyl (C=O) groups is 1. The van der Waals surface area contributed by atoms with Gasteiger partial charge in [-0.25, -0.2) is 8.42 Å². The van der Waals surface area contributed by atoms with Crippen molar-refractivity contribution < 1.29 is 13.2 Å². The number of sulfonamides is 1. The number of H-pyrrole nitrogens is 1. The zero-order valence-corrected chi connectivity index (χ0v) is 17.8. The van der Waals surface area contributed by atoms with E-state index >= 15 is 0 Å². The number of hydrogen-bond acceptors (Lipinski definition) is 5. The molecule has 1 aromatic heterocycles. The fourth-order valence-electron chi connectivity index (χ4n) is 3.47. The Labute approximate surface area is 170 Å². The minimum atomic E-state index is -3.90. The van der Waals surface area contributed by atoms with E-state index in [1.807, 2.05) is 20.9 Å². The number of likely N-dealkylation sites (N-methyl/N-ethyl adjacent to an activating group) is 1. The van der Waals surface area contributed by atoms with Crippen LogP contribution in [0.5, 0.6) is 0 Å². The zero-order valence-electron chi connectivity index (χ0n) is 17.0. The van der Waals surface area contributed by atoms with Crippen LogP contribution in [0.3, 0.4) is 0 Å². The number of amides is 1. The van der Waals surface area contributed by atoms with Gasteiger partial charge in [-0.2, -0.15) is 4.72 Å². The Morgan fingerprint density at radius 1 is 1.14 bits per heavy atom. The second-order valence-corrected chi connectivity index (χ2v) is 9.72. The van der Waals surface area contributed by atoms with Crippen LogP contribution in [0.2, 0.25) is 0 Å². The normalized spacial score (nSPS) is 17.0. The minimum Gasteiger partial charge on any atom is -0.339 e. The molecule has 0 radical (unpaired) electrons. The van der Waals surface area contributed by atoms with E-state index in [1.165, 1.54) is 18.2 Å². The van der Waals surface area contributed by atoms with Crippen LogP contribution in [-0.2, 0) is 14.8 Å². The molecule has 2 heterocycles. The molecule has 2 aromatic rings. The van der Waals surface area contributed by atoms with E-state index in [-0.39, 0.29) is 22.3 Å². The maximum absolute atomic E-state index is 13.0. The molecule has 29 heavy (non-hydrogen) atoms. The van der Waals surface area contributed by atoms with Crippen molar-refractivity contribution in [2.45, 2.75) is 31.2 Å². The van der Waals surface area contributed by atoms with Crippen molar-refractivity contribution in [2.24, 2.45) is 5.92 Å². The lowest BCUT2D eigenvalue weighted by atomic mass is 10.0. The summed E-state index contributed by atoms with van der Waals surface area (Å²) >= 11 is 0. The van der Waals surface area contributed by atoms with Crippen LogP contribution in [0.1, 0.15) is 20.3 Å². The predicted octanol–water partition coefficient (Wildman–Crippen LogP) is 0.995. The molecular formula is C20H28N4O4S. The maximum atomic E-state index is 13.0. The van der Waals surface area contributed by atoms with Crippen molar-refractivity contribution in [1.82, 2.24) is 19.5 Å². The van der Waals surface area contributed by atoms with Gasteiger partial charge in [0.15, 0.2) is 0 Å². The molecule has 1 aliphatic heterocycles. The van der Waals surface area contributed by atoms with Crippen LogP contribution >= 0.6 is 0 Å². The number of benzene rings is 1. The fourth-order valence-corrected chi connectivity index (χ4v) is 4.71. The topological polar surface area (TPSA) is 103 Å². The smallest absolute Gasteiger partial charge is 0.248 e. The molecule has 1 aliphatic rings. The highest BCUT2D eigenvalue weighted by molar-refractivity contribution is 7.89. The summed E-state index contributed by atoms with van der Waals surface area (Å²) in [5.41, 5.74) is 0.310. The highest BCUT2D eigenvalue weighted by Gasteiger charge is 2.31. The van der Waals surface area contributed by atoms with Gasteiger partial charge in [-0.1, -0.05) is 13.8 Å². The number of fused-ring (bicyclic) bond motifs is 1. The second-order valence-electron chi connectivity index (χ2n) is 8.00. The van der Waals surface area contributed by atoms with E-state index < -0.39 is 16.1 Å². The van der Waals surface area contributed by atoms with Gasteiger partial charge in [0.2, 0.25) is 21.5 Å². The summed E-state index contributed by atoms with van der Waals surface area (Å²) in [5.74, 6) is -0.0266. The van der Waals surface area contributed by atoms with Gasteiger partial charge in [-0.3, -0.25) is 9.59 Å². The first-order chi connectivity index (χ1) is 13.7. The average Bonchev–Trinajstić information content (AvgIpc) is 2.66. The summed E-state index contributed by atoms with van der Waals surface area (Å²) < 4.78 is 28.6. The van der Waals surface area contributed by atoms with Crippen molar-refractivity contribution in [3.63, 3.8) is 0 Å². The first-order valence-corrected chi connectivity index (χ1v) is 11.3. The SMILES string of the molecule is CC(C)C[C@@H](NS(=O)(=O)c1ccc2[nH]c(=O)ccc2c1)C(=O)N1CCN(C)CC1. The van der Waals surface area contributed by atoms with Gasteiger partial charge in [0.1, 0.15) is 6.04 Å². The summed E-state index contributed by atoms with van der Waals surface area (Å²) in [6.45, 7) is 6.66. The third-order valence-corrected chi connectivity index (χ3v) is 6.59. The Bertz CT molecular complexity index is 1040. The van der Waals surface area contributed by atoms with E-state index in [0.717, 1.165) is 13.1 Å². The van der Waals surface area contributed by atoms with E-state index in [4.69, 9.17) is 0 Å². The Morgan fingerprint density at radius 2 is 1.83 bits per heavy atom. The molecule has 0 aliphatic carbocycles. The fraction of sp³-hybridized carbons (Fsp3) is 0.500. The molecule has 8 nitrogen and oxygen atoms in total. The molecule has 1 saturated heterocycles. The quantitative estimate of drug-likeness (QED) is 0.726. The standard InChI is InChI=1S/C20H28N4O4S/c1-14(2)12-18(20(26)24-10-8-23(3)9-11-24)22-29(27,28)16-5-6-17-15(13-16)4-7-19(25)21-17/h4-7,13-14,18,22H,8-12H2,1-3H3,(H,21,25)/t18-/m1/s1. The highest BCUT2D eigenvalue weighted by Crippen LogP contribution is 2.18. The Balaban J connectivity index is 1.84. The molecule has 1 fully saturated rings. The molecule has 0 saturated carbocycles. The first-order valence-electron chi connectivity index (χ1n) is 9.78. The van der Waals surface area contributed by atoms with E-state index in [9.17, 15) is 18.0 Å². The van der Waals surface area contributed by atoms with Gasteiger partial charge in [-0.05, 0) is 49.0 Å². The summed E-state index contributed by atoms with van der Waals surface area (Å²) in [4.78, 5) is 31.1. The van der Waals surface area contributed by atoms with Crippen molar-refractivity contribution in [3.8, 4) is 0 Å². The van der Waals surface area contributed by atoms with Crippen molar-refractivity contribution in [3.05, 3.63) is 40.7 Å². The van der Waals surface area contributed by atoms with Crippen LogP contribution in [0.4, 0.5) is 0 Å². The number of rotatable bonds is 6. The number of hydrogen-bond donors (Lipinski definition) is 2. The van der Waals surface area contributed by atoms with E-state index in [0.29, 0.717) is 30.4 Å². The molecule has 0 spiro atoms. The number of piperazine rings is 1. The molecule has 1 amide bonds. The number of nitrogens with zero attached hydrogens (tertiary/aromatic N) is 2. The number of nitrogens with one attached hydrogen (secondary N) is 2. The predicted molar refractivity (Wildman–Crippen MR) is 112 cm³/mol. The summed E-state index contributed by atoms with van der Waals surface area (Å²) in [6, 6.07) is 6.62. The Hall–Kier alpha value is -2.23. The number of aromatic amines is 1. The van der Waals surface area contributed by atoms with Gasteiger partial charge >= 0.3 is 0 Å². The zero-order chi connectivity index (χ0) is 21.2. The molecule has 1 atom stereocenters. The molecule has 158 valence electrons. The Morgan fingerprint density at radius 3 is 2.48 bits per heavy atom. The largest absolute Gasteiger partial charge is 0.339 e. The summed E-state index contributed by atoms with van der Waals surface area (Å²) in [7, 11) is -1.90. The van der Waals surface area contributed by atoms with Gasteiger partial charge < -0.3 is 14.8 Å². The van der Waals surface area contributed by atoms with Gasteiger partial charge in [-0.15, -0.1) is 0 Å². The molecule has 0 bridgehead atoms. The average molecular weight is 421 g/mol. The van der Waals surface area contributed by atoms with Crippen molar-refractivity contribution in [2.75, 3.05) is 33.2 Å². The van der Waals surface area contributed by atoms with Gasteiger partial charge in [0, 0.05) is 37.8 Å². The van der Waals surface area contributed by atoms with Crippen LogP contribution in [0, 0.1) is 5.92 Å². The Kier molecular flexibility index (Phi) is 6.40. The van der Waals surface area contributed by atoms with Crippen LogP contribution in [0.25, 0.3) is 10.9 Å². The van der Waals surface area contributed by atoms with Crippen molar-refractivity contribution >= 4 is 26.8 Å². The third-order valence-electron chi connectivity index (χ3n) is 5.12. The summed E-state index contributed by atoms with van der Waals surface area (Å²) in [5, 5.41) is 0.610. The highest BCUT2D eigenvalue weighted by atomic mass is 32.2. The lowest BCUT2D eigenvalue weighted by Crippen LogP contribution is -2.54. The molecule has 9 heteroatoms. The van der Waals surface area contributed by atoms with Crippen molar-refractivity contribution in [1.29, 1.82) is 0 Å². The summed E-state index contributed by atoms with van der Waals surface area (Å²) in [6.07, 6.45) is 0.422. The number of aromatic nitrogens is 1. The first kappa shape index (κ1) is 21.5. The molecule has 1 aromatic carbocycles. The van der Waals surface area contributed by atoms with E-state index in [1.54, 1.807) is 17.0 Å². The third kappa shape index (κ3) is 5.23. The molecule has 0 unspecified atom stereocenters. The van der Waals surface area contributed by atoms with Crippen LogP contribution < -0.4 is 10.3 Å². The van der Waals surface area contributed by atoms with Crippen LogP contribution in [-0.4, -0.2) is 68.4 Å². The van der Waals surface area contributed by atoms with Gasteiger partial charge in [0.25, 0.3) is 0 Å². The monoisotopic (exact) mass is 420 g/mol. The molecular weight excluding hydrogens is 392 g/mol. The minimum absolute atomic E-state index is 0.0667. The lowest BCUT2D eigenvalue weighted by molar-refractivity contribution is -0.135. The van der Waals surface area contributed by atoms with E-state index in [2.05, 4.69) is 14.6 Å². The number of carbonyl (C=O) groups excluding carboxylic acids is 1. The maximum Gasteiger partial charge on any atom is 0.248 e. The lowest BCUT2D eigenvalue weighted by Gasteiger charge is -2.35.